The number of piperidine rings is 1. The molecule has 0 bridgehead atoms. The number of fused-ring (bicyclic) bond motifs is 1. The molecular weight excluding hydrogens is 484 g/mol. The Labute approximate surface area is 214 Å². The van der Waals surface area contributed by atoms with Crippen molar-refractivity contribution in [2.24, 2.45) is 10.4 Å². The number of halogens is 1. The Bertz CT molecular complexity index is 1250. The first kappa shape index (κ1) is 24.6. The number of rotatable bonds is 5. The number of carbonyl (C=O) groups excluding carboxylic acids is 3. The summed E-state index contributed by atoms with van der Waals surface area (Å²) in [5.74, 6) is -1.96. The maximum absolute atomic E-state index is 13.4. The number of hydrogen-bond donors (Lipinski definition) is 0. The molecule has 8 nitrogen and oxygen atoms in total. The number of ether oxygens (including phenoxy) is 3. The van der Waals surface area contributed by atoms with Crippen LogP contribution in [0, 0.1) is 5.41 Å². The first-order valence-corrected chi connectivity index (χ1v) is 12.4. The molecule has 1 aliphatic carbocycles. The van der Waals surface area contributed by atoms with E-state index in [1.807, 2.05) is 30.5 Å². The number of carbonyl (C=O) groups is 3. The van der Waals surface area contributed by atoms with Crippen LogP contribution in [0.25, 0.3) is 0 Å². The average molecular weight is 513 g/mol. The van der Waals surface area contributed by atoms with Gasteiger partial charge in [-0.25, -0.2) is 14.4 Å². The fraction of sp³-hybridized carbons (Fsp3) is 0.481. The lowest BCUT2D eigenvalue weighted by Crippen LogP contribution is -2.70. The lowest BCUT2D eigenvalue weighted by atomic mass is 9.48. The molecule has 0 unspecified atom stereocenters. The highest BCUT2D eigenvalue weighted by Gasteiger charge is 2.74. The van der Waals surface area contributed by atoms with Gasteiger partial charge in [-0.1, -0.05) is 36.7 Å². The van der Waals surface area contributed by atoms with Crippen molar-refractivity contribution in [2.75, 3.05) is 27.9 Å². The lowest BCUT2D eigenvalue weighted by Gasteiger charge is -2.60. The van der Waals surface area contributed by atoms with Gasteiger partial charge in [0.15, 0.2) is 4.87 Å². The zero-order valence-corrected chi connectivity index (χ0v) is 21.6. The van der Waals surface area contributed by atoms with Gasteiger partial charge in [0.2, 0.25) is 0 Å². The van der Waals surface area contributed by atoms with Crippen molar-refractivity contribution in [3.05, 3.63) is 53.3 Å². The second-order valence-electron chi connectivity index (χ2n) is 9.83. The second-order valence-corrected chi connectivity index (χ2v) is 10.5. The lowest BCUT2D eigenvalue weighted by molar-refractivity contribution is -0.144. The van der Waals surface area contributed by atoms with Crippen LogP contribution >= 0.6 is 11.6 Å². The third-order valence-electron chi connectivity index (χ3n) is 8.41. The molecule has 0 aromatic heterocycles. The number of benzene rings is 1. The molecule has 1 saturated heterocycles. The third kappa shape index (κ3) is 3.00. The Kier molecular flexibility index (Phi) is 5.78. The SMILES string of the molecule is CC[C@]12CCCN3C=C(/C(=C\C(=O)OC)C(=O)OC)[C@]4(C(=Nc5ccccc54)[C@@](Cl)(C(=O)OC)C1)[C@@H]32. The summed E-state index contributed by atoms with van der Waals surface area (Å²) in [5.41, 5.74) is 1.08. The van der Waals surface area contributed by atoms with Crippen LogP contribution < -0.4 is 0 Å². The van der Waals surface area contributed by atoms with E-state index in [0.29, 0.717) is 23.4 Å². The van der Waals surface area contributed by atoms with Crippen molar-refractivity contribution in [3.63, 3.8) is 0 Å². The third-order valence-corrected chi connectivity index (χ3v) is 8.88. The van der Waals surface area contributed by atoms with E-state index in [9.17, 15) is 14.4 Å². The molecule has 9 heteroatoms. The predicted molar refractivity (Wildman–Crippen MR) is 133 cm³/mol. The van der Waals surface area contributed by atoms with Crippen molar-refractivity contribution in [1.82, 2.24) is 4.90 Å². The molecule has 3 aliphatic heterocycles. The van der Waals surface area contributed by atoms with Crippen LogP contribution in [0.3, 0.4) is 0 Å². The van der Waals surface area contributed by atoms with E-state index in [1.54, 1.807) is 0 Å². The molecule has 2 fully saturated rings. The Morgan fingerprint density at radius 1 is 1.17 bits per heavy atom. The molecule has 0 N–H and O–H groups in total. The molecule has 1 saturated carbocycles. The van der Waals surface area contributed by atoms with Crippen LogP contribution in [-0.4, -0.2) is 67.3 Å². The van der Waals surface area contributed by atoms with E-state index in [0.717, 1.165) is 37.4 Å². The standard InChI is InChI=1S/C27H29ClN2O6/c1-5-25-11-8-12-30-14-18(16(21(32)35-3)13-20(31)34-2)27(23(25)30)17-9-6-7-10-19(17)29-22(27)26(28,15-25)24(33)36-4/h6-7,9-10,13-14,23H,5,8,11-12,15H2,1-4H3/b16-13+/t23-,25-,26+,27+/m0/s1. The summed E-state index contributed by atoms with van der Waals surface area (Å²) in [6.07, 6.45) is 5.93. The molecule has 1 spiro atoms. The topological polar surface area (TPSA) is 94.5 Å². The molecule has 3 heterocycles. The molecule has 36 heavy (non-hydrogen) atoms. The number of hydrogen-bond acceptors (Lipinski definition) is 8. The van der Waals surface area contributed by atoms with E-state index < -0.39 is 28.2 Å². The molecule has 190 valence electrons. The van der Waals surface area contributed by atoms with E-state index in [2.05, 4.69) is 11.8 Å². The Balaban J connectivity index is 1.89. The first-order chi connectivity index (χ1) is 17.2. The van der Waals surface area contributed by atoms with Gasteiger partial charge in [-0.15, -0.1) is 0 Å². The Morgan fingerprint density at radius 2 is 1.92 bits per heavy atom. The Hall–Kier alpha value is -3.13. The number of alkyl halides is 1. The summed E-state index contributed by atoms with van der Waals surface area (Å²) in [6, 6.07) is 7.46. The fourth-order valence-electron chi connectivity index (χ4n) is 7.08. The smallest absolute Gasteiger partial charge is 0.338 e. The van der Waals surface area contributed by atoms with E-state index in [4.69, 9.17) is 30.8 Å². The van der Waals surface area contributed by atoms with Crippen LogP contribution in [0.4, 0.5) is 5.69 Å². The molecule has 1 aromatic carbocycles. The molecule has 4 aliphatic rings. The number of aliphatic imine (C=N–C) groups is 1. The molecule has 0 amide bonds. The number of nitrogens with zero attached hydrogens (tertiary/aromatic N) is 2. The molecule has 1 aromatic rings. The Morgan fingerprint density at radius 3 is 2.58 bits per heavy atom. The monoisotopic (exact) mass is 512 g/mol. The summed E-state index contributed by atoms with van der Waals surface area (Å²) in [6.45, 7) is 2.87. The number of methoxy groups -OCH3 is 3. The minimum Gasteiger partial charge on any atom is -0.467 e. The molecule has 4 atom stereocenters. The quantitative estimate of drug-likeness (QED) is 0.257. The summed E-state index contributed by atoms with van der Waals surface area (Å²) < 4.78 is 15.3. The largest absolute Gasteiger partial charge is 0.467 e. The van der Waals surface area contributed by atoms with Crippen LogP contribution in [0.5, 0.6) is 0 Å². The summed E-state index contributed by atoms with van der Waals surface area (Å²) in [7, 11) is 3.84. The van der Waals surface area contributed by atoms with E-state index >= 15 is 0 Å². The second kappa shape index (κ2) is 8.47. The van der Waals surface area contributed by atoms with Gasteiger partial charge in [0, 0.05) is 24.4 Å². The molecule has 5 rings (SSSR count). The maximum Gasteiger partial charge on any atom is 0.338 e. The van der Waals surface area contributed by atoms with E-state index in [-0.39, 0.29) is 17.0 Å². The van der Waals surface area contributed by atoms with Gasteiger partial charge >= 0.3 is 17.9 Å². The van der Waals surface area contributed by atoms with Gasteiger partial charge < -0.3 is 19.1 Å². The zero-order chi connectivity index (χ0) is 25.9. The van der Waals surface area contributed by atoms with Crippen LogP contribution in [-0.2, 0) is 34.0 Å². The molecular formula is C27H29ClN2O6. The predicted octanol–water partition coefficient (Wildman–Crippen LogP) is 3.60. The molecule has 0 radical (unpaired) electrons. The normalized spacial score (nSPS) is 32.0. The number of para-hydroxylation sites is 1. The highest BCUT2D eigenvalue weighted by Crippen LogP contribution is 2.68. The van der Waals surface area contributed by atoms with Gasteiger partial charge in [-0.05, 0) is 42.7 Å². The minimum absolute atomic E-state index is 0.0546. The van der Waals surface area contributed by atoms with Crippen molar-refractivity contribution >= 4 is 40.9 Å². The van der Waals surface area contributed by atoms with Crippen molar-refractivity contribution in [1.29, 1.82) is 0 Å². The van der Waals surface area contributed by atoms with Crippen molar-refractivity contribution in [3.8, 4) is 0 Å². The van der Waals surface area contributed by atoms with Crippen LogP contribution in [0.1, 0.15) is 38.2 Å². The number of esters is 3. The van der Waals surface area contributed by atoms with Gasteiger partial charge in [0.1, 0.15) is 0 Å². The average Bonchev–Trinajstić information content (AvgIpc) is 3.44. The van der Waals surface area contributed by atoms with Gasteiger partial charge in [0.25, 0.3) is 0 Å². The van der Waals surface area contributed by atoms with Gasteiger partial charge in [-0.3, -0.25) is 4.99 Å². The van der Waals surface area contributed by atoms with Crippen molar-refractivity contribution in [2.45, 2.75) is 48.9 Å². The summed E-state index contributed by atoms with van der Waals surface area (Å²) in [4.78, 5) is 44.7. The highest BCUT2D eigenvalue weighted by atomic mass is 35.5. The van der Waals surface area contributed by atoms with Crippen molar-refractivity contribution < 1.29 is 28.6 Å². The van der Waals surface area contributed by atoms with Gasteiger partial charge in [-0.2, -0.15) is 0 Å². The zero-order valence-electron chi connectivity index (χ0n) is 20.8. The first-order valence-electron chi connectivity index (χ1n) is 12.1. The van der Waals surface area contributed by atoms with Gasteiger partial charge in [0.05, 0.1) is 49.8 Å². The summed E-state index contributed by atoms with van der Waals surface area (Å²) in [5, 5.41) is 0. The van der Waals surface area contributed by atoms with E-state index in [1.165, 1.54) is 21.3 Å². The maximum atomic E-state index is 13.4. The minimum atomic E-state index is -1.56. The fourth-order valence-corrected chi connectivity index (χ4v) is 7.61. The summed E-state index contributed by atoms with van der Waals surface area (Å²) >= 11 is 7.33. The van der Waals surface area contributed by atoms with Crippen LogP contribution in [0.2, 0.25) is 0 Å². The highest BCUT2D eigenvalue weighted by molar-refractivity contribution is 6.49. The van der Waals surface area contributed by atoms with Crippen LogP contribution in [0.15, 0.2) is 52.7 Å².